The quantitative estimate of drug-likeness (QED) is 0.181. The van der Waals surface area contributed by atoms with Crippen molar-refractivity contribution in [2.75, 3.05) is 13.2 Å². The Labute approximate surface area is 183 Å². The predicted molar refractivity (Wildman–Crippen MR) is 118 cm³/mol. The molecule has 3 rings (SSSR count). The largest absolute Gasteiger partial charge is 0.515 e. The Kier molecular flexibility index (Phi) is 7.58. The van der Waals surface area contributed by atoms with Gasteiger partial charge >= 0.3 is 5.97 Å². The average Bonchev–Trinajstić information content (AvgIpc) is 3.61. The lowest BCUT2D eigenvalue weighted by atomic mass is 9.97. The van der Waals surface area contributed by atoms with Gasteiger partial charge in [-0.2, -0.15) is 0 Å². The van der Waals surface area contributed by atoms with Gasteiger partial charge in [-0.1, -0.05) is 45.0 Å². The van der Waals surface area contributed by atoms with Crippen LogP contribution < -0.4 is 9.47 Å². The number of esters is 1. The van der Waals surface area contributed by atoms with Gasteiger partial charge in [0.2, 0.25) is 6.29 Å². The van der Waals surface area contributed by atoms with Crippen LogP contribution in [-0.2, 0) is 14.3 Å². The zero-order valence-electron chi connectivity index (χ0n) is 18.5. The van der Waals surface area contributed by atoms with Gasteiger partial charge in [0.15, 0.2) is 0 Å². The lowest BCUT2D eigenvalue weighted by molar-refractivity contribution is -0.159. The molecule has 166 valence electrons. The topological polar surface area (TPSA) is 77.5 Å². The molecule has 6 nitrogen and oxygen atoms in total. The first-order valence-corrected chi connectivity index (χ1v) is 10.6. The van der Waals surface area contributed by atoms with E-state index < -0.39 is 12.3 Å². The van der Waals surface area contributed by atoms with Gasteiger partial charge < -0.3 is 24.1 Å². The van der Waals surface area contributed by atoms with E-state index in [1.165, 1.54) is 6.92 Å². The SMILES string of the molecule is CCC(OC(=O)/C(C)=C/O)Oc1cc(-c2ccc(OCC3CO3)cc2)ccc1C(C)C. The van der Waals surface area contributed by atoms with Gasteiger partial charge in [0.25, 0.3) is 0 Å². The first kappa shape index (κ1) is 22.7. The van der Waals surface area contributed by atoms with Crippen LogP contribution in [0.5, 0.6) is 11.5 Å². The molecule has 2 aromatic carbocycles. The maximum absolute atomic E-state index is 12.0. The molecule has 2 unspecified atom stereocenters. The molecule has 0 saturated carbocycles. The molecular formula is C25H30O6. The minimum absolute atomic E-state index is 0.121. The summed E-state index contributed by atoms with van der Waals surface area (Å²) in [5, 5.41) is 9.02. The maximum atomic E-state index is 12.0. The molecule has 2 aromatic rings. The van der Waals surface area contributed by atoms with Gasteiger partial charge in [0.1, 0.15) is 24.2 Å². The number of ether oxygens (including phenoxy) is 4. The molecule has 1 saturated heterocycles. The van der Waals surface area contributed by atoms with E-state index in [0.29, 0.717) is 18.8 Å². The fraction of sp³-hybridized carbons (Fsp3) is 0.400. The van der Waals surface area contributed by atoms with Crippen molar-refractivity contribution in [3.63, 3.8) is 0 Å². The predicted octanol–water partition coefficient (Wildman–Crippen LogP) is 5.37. The van der Waals surface area contributed by atoms with E-state index in [2.05, 4.69) is 19.9 Å². The average molecular weight is 427 g/mol. The van der Waals surface area contributed by atoms with Crippen molar-refractivity contribution in [2.45, 2.75) is 52.4 Å². The van der Waals surface area contributed by atoms with Gasteiger partial charge in [-0.05, 0) is 47.7 Å². The van der Waals surface area contributed by atoms with Crippen LogP contribution in [0.15, 0.2) is 54.3 Å². The summed E-state index contributed by atoms with van der Waals surface area (Å²) < 4.78 is 22.3. The lowest BCUT2D eigenvalue weighted by Crippen LogP contribution is -2.24. The third kappa shape index (κ3) is 6.25. The van der Waals surface area contributed by atoms with E-state index in [1.54, 1.807) is 0 Å². The molecular weight excluding hydrogens is 396 g/mol. The first-order valence-electron chi connectivity index (χ1n) is 10.6. The van der Waals surface area contributed by atoms with Crippen molar-refractivity contribution in [3.05, 3.63) is 59.9 Å². The minimum atomic E-state index is -0.754. The van der Waals surface area contributed by atoms with E-state index in [4.69, 9.17) is 24.1 Å². The summed E-state index contributed by atoms with van der Waals surface area (Å²) in [4.78, 5) is 12.0. The Morgan fingerprint density at radius 3 is 2.45 bits per heavy atom. The highest BCUT2D eigenvalue weighted by Crippen LogP contribution is 2.33. The lowest BCUT2D eigenvalue weighted by Gasteiger charge is -2.22. The molecule has 0 aromatic heterocycles. The van der Waals surface area contributed by atoms with E-state index in [9.17, 15) is 4.79 Å². The highest BCUT2D eigenvalue weighted by atomic mass is 16.7. The molecule has 31 heavy (non-hydrogen) atoms. The smallest absolute Gasteiger partial charge is 0.339 e. The Morgan fingerprint density at radius 1 is 1.19 bits per heavy atom. The number of carbonyl (C=O) groups excluding carboxylic acids is 1. The van der Waals surface area contributed by atoms with E-state index >= 15 is 0 Å². The minimum Gasteiger partial charge on any atom is -0.515 e. The van der Waals surface area contributed by atoms with Gasteiger partial charge in [-0.25, -0.2) is 4.79 Å². The summed E-state index contributed by atoms with van der Waals surface area (Å²) in [6, 6.07) is 14.0. The molecule has 1 N–H and O–H groups in total. The molecule has 1 heterocycles. The van der Waals surface area contributed by atoms with Crippen LogP contribution in [0.25, 0.3) is 11.1 Å². The van der Waals surface area contributed by atoms with Crippen LogP contribution in [0.3, 0.4) is 0 Å². The van der Waals surface area contributed by atoms with Crippen molar-refractivity contribution in [2.24, 2.45) is 0 Å². The fourth-order valence-corrected chi connectivity index (χ4v) is 2.99. The molecule has 6 heteroatoms. The summed E-state index contributed by atoms with van der Waals surface area (Å²) >= 11 is 0. The molecule has 1 fully saturated rings. The zero-order valence-corrected chi connectivity index (χ0v) is 18.5. The molecule has 1 aliphatic heterocycles. The summed E-state index contributed by atoms with van der Waals surface area (Å²) in [7, 11) is 0. The number of benzene rings is 2. The van der Waals surface area contributed by atoms with Gasteiger partial charge in [-0.3, -0.25) is 0 Å². The first-order chi connectivity index (χ1) is 14.9. The third-order valence-electron chi connectivity index (χ3n) is 5.01. The van der Waals surface area contributed by atoms with Crippen LogP contribution in [0.4, 0.5) is 0 Å². The second-order valence-electron chi connectivity index (χ2n) is 7.87. The second-order valence-corrected chi connectivity index (χ2v) is 7.87. The Morgan fingerprint density at radius 2 is 1.87 bits per heavy atom. The maximum Gasteiger partial charge on any atom is 0.339 e. The van der Waals surface area contributed by atoms with Gasteiger partial charge in [0, 0.05) is 6.42 Å². The van der Waals surface area contributed by atoms with E-state index in [1.807, 2.05) is 43.3 Å². The van der Waals surface area contributed by atoms with Crippen molar-refractivity contribution >= 4 is 5.97 Å². The fourth-order valence-electron chi connectivity index (χ4n) is 2.99. The number of aliphatic hydroxyl groups excluding tert-OH is 1. The van der Waals surface area contributed by atoms with Gasteiger partial charge in [-0.15, -0.1) is 0 Å². The van der Waals surface area contributed by atoms with Crippen molar-refractivity contribution in [1.82, 2.24) is 0 Å². The summed E-state index contributed by atoms with van der Waals surface area (Å²) in [6.07, 6.45) is 0.680. The summed E-state index contributed by atoms with van der Waals surface area (Å²) in [5.41, 5.74) is 3.16. The monoisotopic (exact) mass is 426 g/mol. The molecule has 0 radical (unpaired) electrons. The molecule has 0 spiro atoms. The number of carbonyl (C=O) groups is 1. The highest BCUT2D eigenvalue weighted by Gasteiger charge is 2.23. The van der Waals surface area contributed by atoms with Crippen molar-refractivity contribution in [3.8, 4) is 22.6 Å². The number of hydrogen-bond acceptors (Lipinski definition) is 6. The number of epoxide rings is 1. The Bertz CT molecular complexity index is 912. The number of rotatable bonds is 10. The van der Waals surface area contributed by atoms with Crippen molar-refractivity contribution in [1.29, 1.82) is 0 Å². The second kappa shape index (κ2) is 10.4. The van der Waals surface area contributed by atoms with Crippen LogP contribution in [-0.4, -0.2) is 36.7 Å². The van der Waals surface area contributed by atoms with Crippen LogP contribution in [0.1, 0.15) is 45.6 Å². The Hall–Kier alpha value is -2.99. The van der Waals surface area contributed by atoms with E-state index in [0.717, 1.165) is 35.3 Å². The summed E-state index contributed by atoms with van der Waals surface area (Å²) in [5.74, 6) is 1.10. The molecule has 0 amide bonds. The molecule has 0 bridgehead atoms. The number of aliphatic hydroxyl groups is 1. The summed E-state index contributed by atoms with van der Waals surface area (Å²) in [6.45, 7) is 8.88. The molecule has 0 aliphatic carbocycles. The van der Waals surface area contributed by atoms with Gasteiger partial charge in [0.05, 0.1) is 18.4 Å². The third-order valence-corrected chi connectivity index (χ3v) is 5.01. The van der Waals surface area contributed by atoms with Crippen molar-refractivity contribution < 1.29 is 28.8 Å². The molecule has 1 aliphatic rings. The number of hydrogen-bond donors (Lipinski definition) is 1. The van der Waals surface area contributed by atoms with Crippen LogP contribution in [0.2, 0.25) is 0 Å². The zero-order chi connectivity index (χ0) is 22.4. The highest BCUT2D eigenvalue weighted by molar-refractivity contribution is 5.87. The van der Waals surface area contributed by atoms with Crippen LogP contribution in [0, 0.1) is 0 Å². The van der Waals surface area contributed by atoms with E-state index in [-0.39, 0.29) is 17.6 Å². The van der Waals surface area contributed by atoms with Crippen LogP contribution >= 0.6 is 0 Å². The standard InChI is InChI=1S/C25H30O6/c1-5-24(31-25(27)17(4)13-26)30-23-12-19(8-11-22(23)16(2)3)18-6-9-20(10-7-18)28-14-21-15-29-21/h6-13,16,21,24,26H,5,14-15H2,1-4H3/b17-13+. The normalized spacial score (nSPS) is 16.7. The molecule has 2 atom stereocenters. The Balaban J connectivity index is 1.78.